The number of aromatic nitrogens is 2. The number of esters is 1. The Labute approximate surface area is 356 Å². The molecular formula is C42H47Cl3N4O6S2. The van der Waals surface area contributed by atoms with E-state index in [4.69, 9.17) is 39.5 Å². The highest BCUT2D eigenvalue weighted by Crippen LogP contribution is 2.40. The molecule has 3 N–H and O–H groups in total. The van der Waals surface area contributed by atoms with Gasteiger partial charge in [0.05, 0.1) is 27.9 Å². The minimum atomic E-state index is -0.806. The van der Waals surface area contributed by atoms with Gasteiger partial charge in [-0.25, -0.2) is 9.97 Å². The number of hydrogen-bond donors (Lipinski definition) is 3. The van der Waals surface area contributed by atoms with E-state index in [0.717, 1.165) is 30.9 Å². The van der Waals surface area contributed by atoms with E-state index in [1.165, 1.54) is 22.7 Å². The van der Waals surface area contributed by atoms with Crippen LogP contribution in [0.15, 0.2) is 60.0 Å². The van der Waals surface area contributed by atoms with Crippen molar-refractivity contribution < 1.29 is 29.0 Å². The topological polar surface area (TPSA) is 148 Å². The van der Waals surface area contributed by atoms with Gasteiger partial charge in [-0.1, -0.05) is 68.2 Å². The van der Waals surface area contributed by atoms with Crippen LogP contribution in [0.2, 0.25) is 10.0 Å². The third-order valence-electron chi connectivity index (χ3n) is 8.54. The Morgan fingerprint density at radius 1 is 0.719 bits per heavy atom. The van der Waals surface area contributed by atoms with Crippen molar-refractivity contribution in [2.45, 2.75) is 94.2 Å². The van der Waals surface area contributed by atoms with Crippen LogP contribution in [-0.4, -0.2) is 49.2 Å². The molecule has 0 unspecified atom stereocenters. The molecule has 4 aromatic rings. The molecule has 6 rings (SSSR count). The zero-order valence-electron chi connectivity index (χ0n) is 34.0. The highest BCUT2D eigenvalue weighted by Gasteiger charge is 2.44. The number of ether oxygens (including phenoxy) is 1. The van der Waals surface area contributed by atoms with Gasteiger partial charge in [0.25, 0.3) is 11.8 Å². The first kappa shape index (κ1) is 45.6. The van der Waals surface area contributed by atoms with E-state index in [1.807, 2.05) is 64.1 Å². The normalized spacial score (nSPS) is 16.0. The molecule has 0 aliphatic carbocycles. The number of nitrogens with zero attached hydrogens (tertiary/aromatic N) is 2. The monoisotopic (exact) mass is 872 g/mol. The maximum Gasteiger partial charge on any atom is 0.316 e. The summed E-state index contributed by atoms with van der Waals surface area (Å²) in [7, 11) is 0. The standard InChI is InChI=1S/C21H23ClN2O3S.C16H15ClN2O2S.C5H9ClO/c1-11-15(23-18(28-11)12-8-7-9-13(22)10-12)14-16(21(5,6)24-17(14)25)27-19(26)20(2,3)4;1-8-12(11-13(20)16(2,3)19-14(11)21)18-15(22-8)9-5-4-6-10(17)7-9;1-5(2,3)4(6)7/h7-10H,1-6H3,(H,24,25);4-7,20H,1-3H3,(H,19,21);1-3H3. The van der Waals surface area contributed by atoms with Crippen molar-refractivity contribution in [2.24, 2.45) is 10.8 Å². The molecule has 10 nitrogen and oxygen atoms in total. The Morgan fingerprint density at radius 2 is 1.12 bits per heavy atom. The van der Waals surface area contributed by atoms with Crippen molar-refractivity contribution in [3.8, 4) is 21.1 Å². The van der Waals surface area contributed by atoms with Crippen molar-refractivity contribution in [2.75, 3.05) is 0 Å². The number of halogens is 3. The second kappa shape index (κ2) is 17.0. The number of carbonyl (C=O) groups is 4. The van der Waals surface area contributed by atoms with Gasteiger partial charge in [-0.3, -0.25) is 19.2 Å². The number of aliphatic hydroxyl groups excluding tert-OH is 1. The number of benzene rings is 2. The van der Waals surface area contributed by atoms with Gasteiger partial charge in [0, 0.05) is 36.3 Å². The van der Waals surface area contributed by atoms with E-state index in [9.17, 15) is 24.3 Å². The number of thiazole rings is 2. The lowest BCUT2D eigenvalue weighted by Crippen LogP contribution is -2.40. The summed E-state index contributed by atoms with van der Waals surface area (Å²) in [6.07, 6.45) is 0. The quantitative estimate of drug-likeness (QED) is 0.133. The average molecular weight is 874 g/mol. The Kier molecular flexibility index (Phi) is 13.6. The molecule has 0 bridgehead atoms. The average Bonchev–Trinajstić information content (AvgIpc) is 3.76. The van der Waals surface area contributed by atoms with Crippen molar-refractivity contribution in [1.82, 2.24) is 20.6 Å². The predicted molar refractivity (Wildman–Crippen MR) is 231 cm³/mol. The lowest BCUT2D eigenvalue weighted by Gasteiger charge is -2.25. The molecule has 2 aromatic heterocycles. The van der Waals surface area contributed by atoms with Crippen LogP contribution in [0.5, 0.6) is 0 Å². The number of nitrogens with one attached hydrogen (secondary N) is 2. The van der Waals surface area contributed by atoms with E-state index < -0.39 is 22.5 Å². The second-order valence-electron chi connectivity index (χ2n) is 16.6. The predicted octanol–water partition coefficient (Wildman–Crippen LogP) is 10.7. The lowest BCUT2D eigenvalue weighted by molar-refractivity contribution is -0.149. The summed E-state index contributed by atoms with van der Waals surface area (Å²) >= 11 is 20.2. The first-order valence-electron chi connectivity index (χ1n) is 17.9. The van der Waals surface area contributed by atoms with Gasteiger partial charge in [0.15, 0.2) is 0 Å². The maximum atomic E-state index is 12.8. The molecule has 15 heteroatoms. The van der Waals surface area contributed by atoms with Gasteiger partial charge in [-0.2, -0.15) is 0 Å². The number of hydrogen-bond acceptors (Lipinski definition) is 10. The molecule has 2 amide bonds. The summed E-state index contributed by atoms with van der Waals surface area (Å²) < 4.78 is 5.72. The fraction of sp³-hybridized carbons (Fsp3) is 0.381. The number of aliphatic hydroxyl groups is 1. The summed E-state index contributed by atoms with van der Waals surface area (Å²) in [5.74, 6) is -0.652. The number of carbonyl (C=O) groups excluding carboxylic acids is 4. The van der Waals surface area contributed by atoms with Crippen LogP contribution in [0.3, 0.4) is 0 Å². The number of rotatable bonds is 5. The van der Waals surface area contributed by atoms with Crippen LogP contribution in [0, 0.1) is 24.7 Å². The van der Waals surface area contributed by atoms with Crippen LogP contribution < -0.4 is 10.6 Å². The third-order valence-corrected chi connectivity index (χ3v) is 11.6. The minimum absolute atomic E-state index is 0.0311. The summed E-state index contributed by atoms with van der Waals surface area (Å²) in [6.45, 7) is 21.6. The van der Waals surface area contributed by atoms with Crippen LogP contribution in [0.1, 0.15) is 90.4 Å². The Balaban J connectivity index is 0.000000221. The molecule has 0 saturated carbocycles. The Hall–Kier alpha value is -4.07. The molecule has 2 aromatic carbocycles. The molecule has 57 heavy (non-hydrogen) atoms. The molecule has 304 valence electrons. The van der Waals surface area contributed by atoms with E-state index >= 15 is 0 Å². The van der Waals surface area contributed by atoms with Gasteiger partial charge in [0.1, 0.15) is 32.7 Å². The first-order chi connectivity index (χ1) is 26.1. The largest absolute Gasteiger partial charge is 0.509 e. The third kappa shape index (κ3) is 10.7. The SMILES string of the molecule is CC(C)(C)C(=O)Cl.Cc1sc(-c2cccc(Cl)c2)nc1C1=C(O)C(C)(C)NC1=O.Cc1sc(-c2cccc(Cl)c2)nc1C1=C(OC(=O)C(C)(C)C)C(C)(C)NC1=O. The van der Waals surface area contributed by atoms with Gasteiger partial charge >= 0.3 is 5.97 Å². The summed E-state index contributed by atoms with van der Waals surface area (Å²) in [5, 5.41) is 18.5. The molecule has 2 aliphatic heterocycles. The van der Waals surface area contributed by atoms with Crippen molar-refractivity contribution in [3.05, 3.63) is 91.2 Å². The summed E-state index contributed by atoms with van der Waals surface area (Å²) in [5.41, 5.74) is 0.753. The summed E-state index contributed by atoms with van der Waals surface area (Å²) in [6, 6.07) is 14.8. The van der Waals surface area contributed by atoms with Crippen molar-refractivity contribution >= 4 is 91.6 Å². The fourth-order valence-electron chi connectivity index (χ4n) is 5.25. The van der Waals surface area contributed by atoms with Crippen molar-refractivity contribution in [1.29, 1.82) is 0 Å². The number of aryl methyl sites for hydroxylation is 2. The zero-order valence-corrected chi connectivity index (χ0v) is 37.9. The van der Waals surface area contributed by atoms with E-state index in [1.54, 1.807) is 67.5 Å². The molecule has 0 radical (unpaired) electrons. The van der Waals surface area contributed by atoms with Gasteiger partial charge < -0.3 is 20.5 Å². The van der Waals surface area contributed by atoms with E-state index in [-0.39, 0.29) is 33.8 Å². The highest BCUT2D eigenvalue weighted by atomic mass is 35.5. The zero-order chi connectivity index (χ0) is 43.0. The van der Waals surface area contributed by atoms with Gasteiger partial charge in [-0.15, -0.1) is 22.7 Å². The highest BCUT2D eigenvalue weighted by molar-refractivity contribution is 7.15. The van der Waals surface area contributed by atoms with Crippen LogP contribution in [0.25, 0.3) is 32.3 Å². The summed E-state index contributed by atoms with van der Waals surface area (Å²) in [4.78, 5) is 58.7. The number of amides is 2. The Bertz CT molecular complexity index is 2310. The molecular weight excluding hydrogens is 827 g/mol. The van der Waals surface area contributed by atoms with Gasteiger partial charge in [0.2, 0.25) is 5.24 Å². The minimum Gasteiger partial charge on any atom is -0.509 e. The molecule has 0 spiro atoms. The van der Waals surface area contributed by atoms with Crippen LogP contribution in [0.4, 0.5) is 0 Å². The fourth-order valence-corrected chi connectivity index (χ4v) is 7.46. The van der Waals surface area contributed by atoms with E-state index in [0.29, 0.717) is 32.8 Å². The van der Waals surface area contributed by atoms with Crippen molar-refractivity contribution in [3.63, 3.8) is 0 Å². The molecule has 0 saturated heterocycles. The van der Waals surface area contributed by atoms with Crippen LogP contribution in [-0.2, 0) is 23.9 Å². The first-order valence-corrected chi connectivity index (χ1v) is 20.6. The molecule has 0 atom stereocenters. The molecule has 0 fully saturated rings. The molecule has 2 aliphatic rings. The second-order valence-corrected chi connectivity index (χ2v) is 20.2. The maximum absolute atomic E-state index is 12.8. The lowest BCUT2D eigenvalue weighted by atomic mass is 9.96. The smallest absolute Gasteiger partial charge is 0.316 e. The molecule has 4 heterocycles. The van der Waals surface area contributed by atoms with Crippen LogP contribution >= 0.6 is 57.5 Å². The van der Waals surface area contributed by atoms with E-state index in [2.05, 4.69) is 20.6 Å². The Morgan fingerprint density at radius 3 is 1.49 bits per heavy atom. The van der Waals surface area contributed by atoms with Gasteiger partial charge in [-0.05, 0) is 98.2 Å².